The maximum absolute atomic E-state index is 12.4. The second-order valence-electron chi connectivity index (χ2n) is 7.08. The van der Waals surface area contributed by atoms with Gasteiger partial charge in [0.05, 0.1) is 32.7 Å². The van der Waals surface area contributed by atoms with Crippen LogP contribution in [0.4, 0.5) is 17.1 Å². The molecule has 0 unspecified atom stereocenters. The van der Waals surface area contributed by atoms with E-state index in [1.165, 1.54) is 0 Å². The van der Waals surface area contributed by atoms with Crippen LogP contribution in [0, 0.1) is 0 Å². The Morgan fingerprint density at radius 1 is 0.758 bits per heavy atom. The molecule has 33 heavy (non-hydrogen) atoms. The van der Waals surface area contributed by atoms with Crippen molar-refractivity contribution in [3.05, 3.63) is 71.0 Å². The van der Waals surface area contributed by atoms with Gasteiger partial charge in [-0.1, -0.05) is 12.1 Å². The van der Waals surface area contributed by atoms with Crippen molar-refractivity contribution in [2.24, 2.45) is 10.2 Å². The lowest BCUT2D eigenvalue weighted by molar-refractivity contribution is 0.355. The van der Waals surface area contributed by atoms with Gasteiger partial charge < -0.3 is 19.9 Å². The van der Waals surface area contributed by atoms with Crippen molar-refractivity contribution in [3.63, 3.8) is 0 Å². The van der Waals surface area contributed by atoms with Crippen LogP contribution >= 0.6 is 0 Å². The third-order valence-electron chi connectivity index (χ3n) is 5.07. The van der Waals surface area contributed by atoms with E-state index in [1.807, 2.05) is 30.3 Å². The minimum Gasteiger partial charge on any atom is -0.496 e. The Labute approximate surface area is 189 Å². The van der Waals surface area contributed by atoms with Gasteiger partial charge in [-0.25, -0.2) is 0 Å². The monoisotopic (exact) mass is 445 g/mol. The third-order valence-corrected chi connectivity index (χ3v) is 5.07. The molecule has 0 aliphatic rings. The maximum Gasteiger partial charge on any atom is 0.292 e. The number of aromatic nitrogens is 2. The Kier molecular flexibility index (Phi) is 6.12. The van der Waals surface area contributed by atoms with E-state index in [-0.39, 0.29) is 5.69 Å². The molecular weight excluding hydrogens is 422 g/mol. The van der Waals surface area contributed by atoms with Gasteiger partial charge in [-0.15, -0.1) is 5.11 Å². The highest BCUT2D eigenvalue weighted by molar-refractivity contribution is 5.76. The fraction of sp³-hybridized carbons (Fsp3) is 0.125. The van der Waals surface area contributed by atoms with Crippen molar-refractivity contribution in [1.82, 2.24) is 10.2 Å². The van der Waals surface area contributed by atoms with E-state index < -0.39 is 5.56 Å². The predicted molar refractivity (Wildman–Crippen MR) is 127 cm³/mol. The quantitative estimate of drug-likeness (QED) is 0.271. The first-order valence-electron chi connectivity index (χ1n) is 10.0. The highest BCUT2D eigenvalue weighted by Crippen LogP contribution is 2.36. The number of nitrogens with one attached hydrogen (secondary N) is 2. The molecular formula is C24H23N5O4. The van der Waals surface area contributed by atoms with Crippen LogP contribution in [0.25, 0.3) is 22.4 Å². The number of aromatic amines is 2. The summed E-state index contributed by atoms with van der Waals surface area (Å²) in [6.45, 7) is 0. The van der Waals surface area contributed by atoms with E-state index in [4.69, 9.17) is 19.9 Å². The SMILES string of the molecule is COc1ccc(-c2[nH][nH]c(=O)c2N=Nc2ccc(OC)c(-c3cccc(N)c3)c2)cc1OC. The Bertz CT molecular complexity index is 1370. The van der Waals surface area contributed by atoms with E-state index in [0.717, 1.165) is 11.1 Å². The lowest BCUT2D eigenvalue weighted by Crippen LogP contribution is -1.96. The molecule has 0 saturated heterocycles. The van der Waals surface area contributed by atoms with Crippen molar-refractivity contribution in [1.29, 1.82) is 0 Å². The molecule has 1 aromatic heterocycles. The average molecular weight is 445 g/mol. The smallest absolute Gasteiger partial charge is 0.292 e. The Morgan fingerprint density at radius 2 is 1.52 bits per heavy atom. The van der Waals surface area contributed by atoms with Crippen LogP contribution in [-0.4, -0.2) is 31.5 Å². The molecule has 0 amide bonds. The van der Waals surface area contributed by atoms with E-state index >= 15 is 0 Å². The summed E-state index contributed by atoms with van der Waals surface area (Å²) in [7, 11) is 4.70. The fourth-order valence-electron chi connectivity index (χ4n) is 3.44. The molecule has 0 atom stereocenters. The Balaban J connectivity index is 1.72. The van der Waals surface area contributed by atoms with E-state index in [0.29, 0.717) is 39.9 Å². The van der Waals surface area contributed by atoms with Crippen LogP contribution in [0.2, 0.25) is 0 Å². The molecule has 4 N–H and O–H groups in total. The first kappa shape index (κ1) is 21.7. The number of ether oxygens (including phenoxy) is 3. The van der Waals surface area contributed by atoms with Gasteiger partial charge >= 0.3 is 0 Å². The molecule has 4 rings (SSSR count). The summed E-state index contributed by atoms with van der Waals surface area (Å²) in [5, 5.41) is 13.9. The van der Waals surface area contributed by atoms with Crippen molar-refractivity contribution in [2.45, 2.75) is 0 Å². The number of hydrogen-bond acceptors (Lipinski definition) is 7. The van der Waals surface area contributed by atoms with E-state index in [9.17, 15) is 4.79 Å². The van der Waals surface area contributed by atoms with Crippen LogP contribution in [0.3, 0.4) is 0 Å². The zero-order chi connectivity index (χ0) is 23.4. The van der Waals surface area contributed by atoms with Gasteiger partial charge in [-0.3, -0.25) is 15.0 Å². The fourth-order valence-corrected chi connectivity index (χ4v) is 3.44. The van der Waals surface area contributed by atoms with Crippen LogP contribution in [0.15, 0.2) is 75.7 Å². The van der Waals surface area contributed by atoms with Crippen LogP contribution in [0.5, 0.6) is 17.2 Å². The molecule has 9 nitrogen and oxygen atoms in total. The number of anilines is 1. The van der Waals surface area contributed by atoms with Crippen LogP contribution in [-0.2, 0) is 0 Å². The first-order chi connectivity index (χ1) is 16.0. The van der Waals surface area contributed by atoms with Gasteiger partial charge in [0, 0.05) is 16.8 Å². The van der Waals surface area contributed by atoms with Crippen LogP contribution in [0.1, 0.15) is 0 Å². The first-order valence-corrected chi connectivity index (χ1v) is 10.0. The van der Waals surface area contributed by atoms with Crippen molar-refractivity contribution in [2.75, 3.05) is 27.1 Å². The molecule has 3 aromatic carbocycles. The lowest BCUT2D eigenvalue weighted by atomic mass is 10.0. The highest BCUT2D eigenvalue weighted by atomic mass is 16.5. The summed E-state index contributed by atoms with van der Waals surface area (Å²) in [6, 6.07) is 18.1. The number of methoxy groups -OCH3 is 3. The standard InChI is InChI=1S/C24H23N5O4/c1-31-19-10-8-17(13-18(19)14-5-4-6-16(25)11-14)26-28-23-22(27-29-24(23)30)15-7-9-20(32-2)21(12-15)33-3/h4-13H,25H2,1-3H3,(H2,27,29,30). The number of nitrogen functional groups attached to an aromatic ring is 1. The van der Waals surface area contributed by atoms with Crippen molar-refractivity contribution < 1.29 is 14.2 Å². The van der Waals surface area contributed by atoms with Gasteiger partial charge in [0.25, 0.3) is 5.56 Å². The van der Waals surface area contributed by atoms with Gasteiger partial charge in [-0.05, 0) is 54.1 Å². The number of rotatable bonds is 7. The number of hydrogen-bond donors (Lipinski definition) is 3. The molecule has 0 radical (unpaired) electrons. The number of benzene rings is 3. The Hall–Kier alpha value is -4.53. The van der Waals surface area contributed by atoms with E-state index in [1.54, 1.807) is 51.7 Å². The molecule has 0 fully saturated rings. The topological polar surface area (TPSA) is 127 Å². The predicted octanol–water partition coefficient (Wildman–Crippen LogP) is 5.06. The second-order valence-corrected chi connectivity index (χ2v) is 7.08. The second kappa shape index (κ2) is 9.31. The van der Waals surface area contributed by atoms with E-state index in [2.05, 4.69) is 20.4 Å². The van der Waals surface area contributed by atoms with Gasteiger partial charge in [-0.2, -0.15) is 5.11 Å². The Morgan fingerprint density at radius 3 is 2.24 bits per heavy atom. The molecule has 1 heterocycles. The summed E-state index contributed by atoms with van der Waals surface area (Å²) >= 11 is 0. The minimum absolute atomic E-state index is 0.142. The molecule has 0 aliphatic carbocycles. The largest absolute Gasteiger partial charge is 0.496 e. The molecule has 168 valence electrons. The van der Waals surface area contributed by atoms with Gasteiger partial charge in [0.15, 0.2) is 17.2 Å². The summed E-state index contributed by atoms with van der Waals surface area (Å²) < 4.78 is 16.1. The molecule has 0 spiro atoms. The summed E-state index contributed by atoms with van der Waals surface area (Å²) in [6.07, 6.45) is 0. The molecule has 0 bridgehead atoms. The lowest BCUT2D eigenvalue weighted by Gasteiger charge is -2.10. The van der Waals surface area contributed by atoms with Gasteiger partial charge in [0.1, 0.15) is 5.75 Å². The normalized spacial score (nSPS) is 11.0. The maximum atomic E-state index is 12.4. The molecule has 0 aliphatic heterocycles. The summed E-state index contributed by atoms with van der Waals surface area (Å²) in [5.74, 6) is 1.78. The zero-order valence-electron chi connectivity index (χ0n) is 18.4. The number of nitrogens with two attached hydrogens (primary N) is 1. The third kappa shape index (κ3) is 4.42. The highest BCUT2D eigenvalue weighted by Gasteiger charge is 2.15. The summed E-state index contributed by atoms with van der Waals surface area (Å²) in [4.78, 5) is 12.4. The van der Waals surface area contributed by atoms with Crippen molar-refractivity contribution in [3.8, 4) is 39.6 Å². The summed E-state index contributed by atoms with van der Waals surface area (Å²) in [5.41, 5.74) is 9.73. The minimum atomic E-state index is -0.395. The van der Waals surface area contributed by atoms with Crippen molar-refractivity contribution >= 4 is 17.1 Å². The molecule has 9 heteroatoms. The zero-order valence-corrected chi connectivity index (χ0v) is 18.4. The number of azo groups is 1. The van der Waals surface area contributed by atoms with Crippen LogP contribution < -0.4 is 25.5 Å². The molecule has 0 saturated carbocycles. The number of nitrogens with zero attached hydrogens (tertiary/aromatic N) is 2. The molecule has 4 aromatic rings. The van der Waals surface area contributed by atoms with Gasteiger partial charge in [0.2, 0.25) is 0 Å². The number of H-pyrrole nitrogens is 2. The average Bonchev–Trinajstić information content (AvgIpc) is 3.22.